The lowest BCUT2D eigenvalue weighted by Crippen LogP contribution is -1.93. The van der Waals surface area contributed by atoms with E-state index >= 15 is 0 Å². The van der Waals surface area contributed by atoms with Crippen LogP contribution in [0.1, 0.15) is 18.4 Å². The number of halogens is 2. The summed E-state index contributed by atoms with van der Waals surface area (Å²) in [7, 11) is 0. The van der Waals surface area contributed by atoms with Crippen LogP contribution in [0.3, 0.4) is 0 Å². The molecule has 0 radical (unpaired) electrons. The van der Waals surface area contributed by atoms with Gasteiger partial charge in [-0.3, -0.25) is 0 Å². The lowest BCUT2D eigenvalue weighted by atomic mass is 9.93. The number of allylic oxidation sites excluding steroid dienone is 4. The van der Waals surface area contributed by atoms with Crippen LogP contribution in [0.4, 0.5) is 0 Å². The predicted molar refractivity (Wildman–Crippen MR) is 101 cm³/mol. The van der Waals surface area contributed by atoms with Gasteiger partial charge in [-0.1, -0.05) is 50.1 Å². The second-order valence-corrected chi connectivity index (χ2v) is 7.28. The Morgan fingerprint density at radius 2 is 1.45 bits per heavy atom. The summed E-state index contributed by atoms with van der Waals surface area (Å²) in [5.74, 6) is 0. The van der Waals surface area contributed by atoms with Crippen LogP contribution in [0.5, 0.6) is 0 Å². The van der Waals surface area contributed by atoms with Crippen LogP contribution in [-0.4, -0.2) is 4.98 Å². The van der Waals surface area contributed by atoms with Gasteiger partial charge in [-0.25, -0.2) is 4.98 Å². The summed E-state index contributed by atoms with van der Waals surface area (Å²) in [6.07, 6.45) is 9.04. The Balaban J connectivity index is 2.18. The van der Waals surface area contributed by atoms with Crippen molar-refractivity contribution in [2.45, 2.75) is 12.8 Å². The van der Waals surface area contributed by atoms with E-state index in [0.29, 0.717) is 0 Å². The van der Waals surface area contributed by atoms with Gasteiger partial charge in [-0.05, 0) is 54.8 Å². The van der Waals surface area contributed by atoms with Gasteiger partial charge in [0, 0.05) is 25.3 Å². The monoisotopic (exact) mass is 413 g/mol. The summed E-state index contributed by atoms with van der Waals surface area (Å²) in [5, 5.41) is 2.38. The molecule has 22 heavy (non-hydrogen) atoms. The van der Waals surface area contributed by atoms with E-state index < -0.39 is 0 Å². The van der Waals surface area contributed by atoms with E-state index in [4.69, 9.17) is 4.98 Å². The lowest BCUT2D eigenvalue weighted by molar-refractivity contribution is 1.04. The minimum absolute atomic E-state index is 1.04. The minimum Gasteiger partial charge on any atom is -0.248 e. The number of rotatable bonds is 1. The first-order chi connectivity index (χ1) is 10.7. The zero-order chi connectivity index (χ0) is 15.1. The van der Waals surface area contributed by atoms with Gasteiger partial charge >= 0.3 is 0 Å². The molecule has 4 rings (SSSR count). The summed E-state index contributed by atoms with van der Waals surface area (Å²) < 4.78 is 2.16. The van der Waals surface area contributed by atoms with E-state index in [-0.39, 0.29) is 0 Å². The van der Waals surface area contributed by atoms with Crippen molar-refractivity contribution in [1.82, 2.24) is 4.98 Å². The van der Waals surface area contributed by atoms with Crippen LogP contribution in [0.15, 0.2) is 63.6 Å². The van der Waals surface area contributed by atoms with Crippen LogP contribution in [0.2, 0.25) is 0 Å². The topological polar surface area (TPSA) is 12.9 Å². The molecule has 1 aromatic heterocycles. The molecule has 2 aromatic carbocycles. The van der Waals surface area contributed by atoms with E-state index in [2.05, 4.69) is 86.5 Å². The zero-order valence-electron chi connectivity index (χ0n) is 11.8. The first-order valence-corrected chi connectivity index (χ1v) is 8.86. The molecule has 0 fully saturated rings. The maximum Gasteiger partial charge on any atom is 0.0716 e. The summed E-state index contributed by atoms with van der Waals surface area (Å²) in [5.41, 5.74) is 4.64. The fourth-order valence-electron chi connectivity index (χ4n) is 3.00. The quantitative estimate of drug-likeness (QED) is 0.406. The highest BCUT2D eigenvalue weighted by Crippen LogP contribution is 2.36. The van der Waals surface area contributed by atoms with Crippen molar-refractivity contribution in [3.8, 4) is 0 Å². The first kappa shape index (κ1) is 14.2. The molecule has 0 aliphatic heterocycles. The molecule has 0 amide bonds. The Morgan fingerprint density at radius 1 is 0.818 bits per heavy atom. The molecule has 0 N–H and O–H groups in total. The van der Waals surface area contributed by atoms with Crippen molar-refractivity contribution < 1.29 is 0 Å². The SMILES string of the molecule is Brc1ccc2nc3ccc(Br)cc3c(C3=CCCC=C3)c2c1. The smallest absolute Gasteiger partial charge is 0.0716 e. The molecule has 1 nitrogen and oxygen atoms in total. The Bertz CT molecular complexity index is 894. The third kappa shape index (κ3) is 2.42. The molecular weight excluding hydrogens is 402 g/mol. The number of aromatic nitrogens is 1. The van der Waals surface area contributed by atoms with Crippen molar-refractivity contribution in [2.75, 3.05) is 0 Å². The molecule has 3 heteroatoms. The highest BCUT2D eigenvalue weighted by atomic mass is 79.9. The Kier molecular flexibility index (Phi) is 3.63. The van der Waals surface area contributed by atoms with Crippen LogP contribution >= 0.6 is 31.9 Å². The molecule has 1 aliphatic carbocycles. The average molecular weight is 415 g/mol. The van der Waals surface area contributed by atoms with E-state index in [9.17, 15) is 0 Å². The van der Waals surface area contributed by atoms with Gasteiger partial charge in [0.1, 0.15) is 0 Å². The van der Waals surface area contributed by atoms with Gasteiger partial charge in [0.15, 0.2) is 0 Å². The Labute approximate surface area is 146 Å². The second-order valence-electron chi connectivity index (χ2n) is 5.45. The summed E-state index contributed by atoms with van der Waals surface area (Å²) in [6, 6.07) is 12.6. The fourth-order valence-corrected chi connectivity index (χ4v) is 3.72. The average Bonchev–Trinajstić information content (AvgIpc) is 2.54. The Hall–Kier alpha value is -1.45. The van der Waals surface area contributed by atoms with Crippen LogP contribution in [0, 0.1) is 0 Å². The number of nitrogens with zero attached hydrogens (tertiary/aromatic N) is 1. The number of hydrogen-bond donors (Lipinski definition) is 0. The highest BCUT2D eigenvalue weighted by molar-refractivity contribution is 9.10. The molecule has 0 spiro atoms. The van der Waals surface area contributed by atoms with E-state index in [1.54, 1.807) is 0 Å². The van der Waals surface area contributed by atoms with Gasteiger partial charge in [0.05, 0.1) is 11.0 Å². The summed E-state index contributed by atoms with van der Waals surface area (Å²) in [4.78, 5) is 4.82. The molecule has 0 saturated carbocycles. The van der Waals surface area contributed by atoms with Gasteiger partial charge in [-0.15, -0.1) is 0 Å². The van der Waals surface area contributed by atoms with Crippen molar-refractivity contribution in [3.63, 3.8) is 0 Å². The van der Waals surface area contributed by atoms with Crippen molar-refractivity contribution in [2.24, 2.45) is 0 Å². The normalized spacial score (nSPS) is 14.5. The molecule has 3 aromatic rings. The van der Waals surface area contributed by atoms with E-state index in [1.165, 1.54) is 21.9 Å². The van der Waals surface area contributed by atoms with Crippen LogP contribution < -0.4 is 0 Å². The third-order valence-electron chi connectivity index (χ3n) is 3.98. The maximum atomic E-state index is 4.82. The highest BCUT2D eigenvalue weighted by Gasteiger charge is 2.13. The van der Waals surface area contributed by atoms with Crippen LogP contribution in [0.25, 0.3) is 27.4 Å². The number of hydrogen-bond acceptors (Lipinski definition) is 1. The van der Waals surface area contributed by atoms with E-state index in [0.717, 1.165) is 32.8 Å². The molecule has 1 heterocycles. The number of benzene rings is 2. The fraction of sp³-hybridized carbons (Fsp3) is 0.105. The Morgan fingerprint density at radius 3 is 2.00 bits per heavy atom. The summed E-state index contributed by atoms with van der Waals surface area (Å²) >= 11 is 7.19. The summed E-state index contributed by atoms with van der Waals surface area (Å²) in [6.45, 7) is 0. The largest absolute Gasteiger partial charge is 0.248 e. The maximum absolute atomic E-state index is 4.82. The molecule has 0 bridgehead atoms. The lowest BCUT2D eigenvalue weighted by Gasteiger charge is -2.14. The second kappa shape index (κ2) is 5.64. The van der Waals surface area contributed by atoms with Crippen LogP contribution in [-0.2, 0) is 0 Å². The van der Waals surface area contributed by atoms with E-state index in [1.807, 2.05) is 0 Å². The standard InChI is InChI=1S/C19H13Br2N/c20-13-6-8-17-15(10-13)19(12-4-2-1-3-5-12)16-11-14(21)7-9-18(16)22-17/h2,4-11H,1,3H2. The number of pyridine rings is 1. The van der Waals surface area contributed by atoms with Gasteiger partial charge in [0.2, 0.25) is 0 Å². The number of fused-ring (bicyclic) bond motifs is 2. The predicted octanol–water partition coefficient (Wildman–Crippen LogP) is 6.65. The zero-order valence-corrected chi connectivity index (χ0v) is 15.0. The molecular formula is C19H13Br2N. The van der Waals surface area contributed by atoms with Crippen molar-refractivity contribution in [1.29, 1.82) is 0 Å². The minimum atomic E-state index is 1.04. The molecule has 108 valence electrons. The third-order valence-corrected chi connectivity index (χ3v) is 4.97. The molecule has 0 unspecified atom stereocenters. The van der Waals surface area contributed by atoms with Gasteiger partial charge < -0.3 is 0 Å². The first-order valence-electron chi connectivity index (χ1n) is 7.28. The van der Waals surface area contributed by atoms with Crippen molar-refractivity contribution in [3.05, 3.63) is 69.1 Å². The molecule has 0 saturated heterocycles. The van der Waals surface area contributed by atoms with Gasteiger partial charge in [-0.2, -0.15) is 0 Å². The van der Waals surface area contributed by atoms with Crippen molar-refractivity contribution >= 4 is 59.2 Å². The van der Waals surface area contributed by atoms with Gasteiger partial charge in [0.25, 0.3) is 0 Å². The molecule has 1 aliphatic rings. The molecule has 0 atom stereocenters.